The molecule has 0 aromatic heterocycles. The van der Waals surface area contributed by atoms with Gasteiger partial charge in [-0.25, -0.2) is 8.42 Å². The first-order valence-corrected chi connectivity index (χ1v) is 8.02. The zero-order valence-corrected chi connectivity index (χ0v) is 12.8. The van der Waals surface area contributed by atoms with Crippen LogP contribution in [0.1, 0.15) is 10.8 Å². The monoisotopic (exact) mass is 324 g/mol. The minimum absolute atomic E-state index is 0.0420. The molecule has 0 fully saturated rings. The normalized spacial score (nSPS) is 12.7. The van der Waals surface area contributed by atoms with Gasteiger partial charge < -0.3 is 4.74 Å². The van der Waals surface area contributed by atoms with Crippen molar-refractivity contribution in [1.82, 2.24) is 0 Å². The number of halogens is 1. The molecule has 21 heavy (non-hydrogen) atoms. The largest absolute Gasteiger partial charge is 0.468 e. The Labute approximate surface area is 128 Å². The van der Waals surface area contributed by atoms with Gasteiger partial charge in [-0.2, -0.15) is 0 Å². The molecule has 0 saturated carbocycles. The van der Waals surface area contributed by atoms with Crippen LogP contribution in [0.5, 0.6) is 0 Å². The fourth-order valence-corrected chi connectivity index (χ4v) is 3.97. The summed E-state index contributed by atoms with van der Waals surface area (Å²) >= 11 is 6.04. The molecule has 0 heterocycles. The number of methoxy groups -OCH3 is 1. The van der Waals surface area contributed by atoms with Crippen molar-refractivity contribution >= 4 is 27.4 Å². The Bertz CT molecular complexity index is 741. The van der Waals surface area contributed by atoms with Crippen LogP contribution in [-0.4, -0.2) is 21.5 Å². The second-order valence-corrected chi connectivity index (χ2v) is 6.72. The van der Waals surface area contributed by atoms with Crippen LogP contribution >= 0.6 is 11.6 Å². The number of sulfone groups is 1. The van der Waals surface area contributed by atoms with Crippen LogP contribution in [-0.2, 0) is 19.4 Å². The molecule has 0 aliphatic carbocycles. The topological polar surface area (TPSA) is 60.4 Å². The summed E-state index contributed by atoms with van der Waals surface area (Å²) in [7, 11) is -2.80. The summed E-state index contributed by atoms with van der Waals surface area (Å²) in [6.07, 6.45) is 0. The number of hydrogen-bond donors (Lipinski definition) is 0. The molecule has 0 amide bonds. The van der Waals surface area contributed by atoms with Gasteiger partial charge in [0.25, 0.3) is 0 Å². The smallest absolute Gasteiger partial charge is 0.329 e. The average molecular weight is 325 g/mol. The molecular formula is C15H13ClO4S. The van der Waals surface area contributed by atoms with E-state index < -0.39 is 21.1 Å². The van der Waals surface area contributed by atoms with Crippen LogP contribution in [0.25, 0.3) is 0 Å². The molecule has 0 saturated heterocycles. The Morgan fingerprint density at radius 3 is 2.19 bits per heavy atom. The van der Waals surface area contributed by atoms with Crippen LogP contribution in [0.4, 0.5) is 0 Å². The first kappa shape index (κ1) is 15.5. The summed E-state index contributed by atoms with van der Waals surface area (Å²) in [5.41, 5.74) is 0.204. The molecule has 6 heteroatoms. The third-order valence-electron chi connectivity index (χ3n) is 2.98. The fourth-order valence-electron chi connectivity index (χ4n) is 1.96. The van der Waals surface area contributed by atoms with Crippen LogP contribution in [0.2, 0.25) is 5.02 Å². The van der Waals surface area contributed by atoms with E-state index in [1.54, 1.807) is 30.3 Å². The number of hydrogen-bond acceptors (Lipinski definition) is 4. The molecule has 2 rings (SSSR count). The molecule has 0 aliphatic rings. The van der Waals surface area contributed by atoms with E-state index in [1.165, 1.54) is 24.3 Å². The Morgan fingerprint density at radius 1 is 1.05 bits per heavy atom. The predicted octanol–water partition coefficient (Wildman–Crippen LogP) is 3.03. The lowest BCUT2D eigenvalue weighted by molar-refractivity contribution is -0.140. The molecule has 110 valence electrons. The lowest BCUT2D eigenvalue weighted by Gasteiger charge is -2.17. The minimum Gasteiger partial charge on any atom is -0.468 e. The second kappa shape index (κ2) is 6.28. The number of ether oxygens (including phenoxy) is 1. The Balaban J connectivity index is 2.63. The van der Waals surface area contributed by atoms with Crippen molar-refractivity contribution in [3.05, 3.63) is 65.2 Å². The maximum absolute atomic E-state index is 12.7. The summed E-state index contributed by atoms with van der Waals surface area (Å²) in [5, 5.41) is -1.29. The van der Waals surface area contributed by atoms with E-state index in [-0.39, 0.29) is 15.5 Å². The Morgan fingerprint density at radius 2 is 1.62 bits per heavy atom. The number of benzene rings is 2. The number of rotatable bonds is 4. The molecule has 0 unspecified atom stereocenters. The molecule has 0 bridgehead atoms. The van der Waals surface area contributed by atoms with Gasteiger partial charge in [0, 0.05) is 10.6 Å². The summed E-state index contributed by atoms with van der Waals surface area (Å²) < 4.78 is 30.1. The van der Waals surface area contributed by atoms with E-state index in [0.717, 1.165) is 7.11 Å². The average Bonchev–Trinajstić information content (AvgIpc) is 2.50. The van der Waals surface area contributed by atoms with Gasteiger partial charge in [-0.15, -0.1) is 0 Å². The van der Waals surface area contributed by atoms with Gasteiger partial charge in [0.2, 0.25) is 0 Å². The van der Waals surface area contributed by atoms with Gasteiger partial charge in [-0.3, -0.25) is 4.79 Å². The molecule has 0 N–H and O–H groups in total. The van der Waals surface area contributed by atoms with Crippen molar-refractivity contribution in [3.63, 3.8) is 0 Å². The van der Waals surface area contributed by atoms with Gasteiger partial charge in [-0.05, 0) is 18.2 Å². The molecule has 2 aromatic rings. The first-order valence-electron chi connectivity index (χ1n) is 6.09. The third kappa shape index (κ3) is 3.09. The molecule has 0 radical (unpaired) electrons. The van der Waals surface area contributed by atoms with E-state index in [4.69, 9.17) is 11.6 Å². The minimum atomic E-state index is -3.95. The van der Waals surface area contributed by atoms with Gasteiger partial charge >= 0.3 is 5.97 Å². The van der Waals surface area contributed by atoms with Crippen molar-refractivity contribution < 1.29 is 17.9 Å². The number of carbonyl (C=O) groups excluding carboxylic acids is 1. The lowest BCUT2D eigenvalue weighted by Crippen LogP contribution is -2.24. The lowest BCUT2D eigenvalue weighted by atomic mass is 10.1. The SMILES string of the molecule is COC(=O)[C@@H](c1ccccc1Cl)S(=O)(=O)c1ccccc1. The number of esters is 1. The van der Waals surface area contributed by atoms with Gasteiger partial charge in [0.1, 0.15) is 0 Å². The molecule has 0 aliphatic heterocycles. The Hall–Kier alpha value is -1.85. The predicted molar refractivity (Wildman–Crippen MR) is 79.8 cm³/mol. The van der Waals surface area contributed by atoms with E-state index in [1.807, 2.05) is 0 Å². The molecule has 1 atom stereocenters. The van der Waals surface area contributed by atoms with E-state index in [2.05, 4.69) is 4.74 Å². The highest BCUT2D eigenvalue weighted by atomic mass is 35.5. The summed E-state index contributed by atoms with van der Waals surface area (Å²) in [4.78, 5) is 12.1. The highest BCUT2D eigenvalue weighted by Gasteiger charge is 2.37. The summed E-state index contributed by atoms with van der Waals surface area (Å²) in [5.74, 6) is -0.869. The van der Waals surface area contributed by atoms with Crippen LogP contribution in [0.3, 0.4) is 0 Å². The van der Waals surface area contributed by atoms with Gasteiger partial charge in [0.05, 0.1) is 12.0 Å². The highest BCUT2D eigenvalue weighted by Crippen LogP contribution is 2.33. The molecular weight excluding hydrogens is 312 g/mol. The summed E-state index contributed by atoms with van der Waals surface area (Å²) in [6, 6.07) is 14.1. The number of carbonyl (C=O) groups is 1. The standard InChI is InChI=1S/C15H13ClO4S/c1-20-15(17)14(12-9-5-6-10-13(12)16)21(18,19)11-7-3-2-4-8-11/h2-10,14H,1H3/t14-/m1/s1. The van der Waals surface area contributed by atoms with Crippen LogP contribution in [0.15, 0.2) is 59.5 Å². The van der Waals surface area contributed by atoms with Gasteiger partial charge in [-0.1, -0.05) is 48.0 Å². The quantitative estimate of drug-likeness (QED) is 0.811. The zero-order chi connectivity index (χ0) is 15.5. The van der Waals surface area contributed by atoms with Crippen molar-refractivity contribution in [2.45, 2.75) is 10.1 Å². The third-order valence-corrected chi connectivity index (χ3v) is 5.33. The molecule has 4 nitrogen and oxygen atoms in total. The van der Waals surface area contributed by atoms with Crippen molar-refractivity contribution in [2.24, 2.45) is 0 Å². The van der Waals surface area contributed by atoms with Crippen LogP contribution in [0, 0.1) is 0 Å². The second-order valence-electron chi connectivity index (χ2n) is 4.28. The molecule has 2 aromatic carbocycles. The Kier molecular flexibility index (Phi) is 4.65. The van der Waals surface area contributed by atoms with E-state index in [0.29, 0.717) is 0 Å². The van der Waals surface area contributed by atoms with Crippen molar-refractivity contribution in [2.75, 3.05) is 7.11 Å². The van der Waals surface area contributed by atoms with E-state index in [9.17, 15) is 13.2 Å². The van der Waals surface area contributed by atoms with E-state index >= 15 is 0 Å². The summed E-state index contributed by atoms with van der Waals surface area (Å²) in [6.45, 7) is 0. The maximum atomic E-state index is 12.7. The first-order chi connectivity index (χ1) is 9.98. The molecule has 0 spiro atoms. The highest BCUT2D eigenvalue weighted by molar-refractivity contribution is 7.92. The fraction of sp³-hybridized carbons (Fsp3) is 0.133. The maximum Gasteiger partial charge on any atom is 0.329 e. The van der Waals surface area contributed by atoms with Crippen molar-refractivity contribution in [1.29, 1.82) is 0 Å². The van der Waals surface area contributed by atoms with Crippen LogP contribution < -0.4 is 0 Å². The van der Waals surface area contributed by atoms with Gasteiger partial charge in [0.15, 0.2) is 15.1 Å². The zero-order valence-electron chi connectivity index (χ0n) is 11.2. The van der Waals surface area contributed by atoms with Crippen molar-refractivity contribution in [3.8, 4) is 0 Å².